The first-order valence-electron chi connectivity index (χ1n) is 7.38. The van der Waals surface area contributed by atoms with Crippen molar-refractivity contribution < 1.29 is 0 Å². The van der Waals surface area contributed by atoms with Gasteiger partial charge in [-0.2, -0.15) is 20.1 Å². The zero-order valence-electron chi connectivity index (χ0n) is 12.4. The molecule has 9 heteroatoms. The maximum atomic E-state index is 6.48. The highest BCUT2D eigenvalue weighted by atomic mass is 35.5. The smallest absolute Gasteiger partial charge is 0.162 e. The van der Waals surface area contributed by atoms with Crippen LogP contribution < -0.4 is 0 Å². The first-order valence-corrected chi connectivity index (χ1v) is 7.76. The normalized spacial score (nSPS) is 12.4. The fraction of sp³-hybridized carbons (Fsp3) is 0.133. The lowest BCUT2D eigenvalue weighted by molar-refractivity contribution is 0.563. The van der Waals surface area contributed by atoms with Gasteiger partial charge in [0.2, 0.25) is 0 Å². The molecule has 0 aliphatic carbocycles. The average Bonchev–Trinajstić information content (AvgIpc) is 3.30. The fourth-order valence-corrected chi connectivity index (χ4v) is 3.30. The third-order valence-corrected chi connectivity index (χ3v) is 4.36. The summed E-state index contributed by atoms with van der Waals surface area (Å²) in [5.74, 6) is 1.58. The molecule has 0 unspecified atom stereocenters. The summed E-state index contributed by atoms with van der Waals surface area (Å²) in [4.78, 5) is 10.5. The van der Waals surface area contributed by atoms with Crippen LogP contribution in [0.1, 0.15) is 11.5 Å². The van der Waals surface area contributed by atoms with E-state index in [0.717, 1.165) is 28.6 Å². The van der Waals surface area contributed by atoms with E-state index in [0.29, 0.717) is 18.1 Å². The van der Waals surface area contributed by atoms with Crippen LogP contribution in [0.3, 0.4) is 0 Å². The highest BCUT2D eigenvalue weighted by Gasteiger charge is 2.25. The highest BCUT2D eigenvalue weighted by molar-refractivity contribution is 6.33. The van der Waals surface area contributed by atoms with Gasteiger partial charge in [0.15, 0.2) is 5.82 Å². The molecular formula is C15H11ClN8. The molecule has 1 aromatic carbocycles. The largest absolute Gasteiger partial charge is 0.296 e. The van der Waals surface area contributed by atoms with Gasteiger partial charge in [-0.15, -0.1) is 0 Å². The molecule has 24 heavy (non-hydrogen) atoms. The molecule has 4 heterocycles. The minimum atomic E-state index is 0.467. The molecule has 5 rings (SSSR count). The summed E-state index contributed by atoms with van der Waals surface area (Å²) in [7, 11) is 0. The topological polar surface area (TPSA) is 79.2 Å². The molecule has 0 radical (unpaired) electrons. The fourth-order valence-electron chi connectivity index (χ4n) is 3.05. The number of aromatic nitrogens is 8. The van der Waals surface area contributed by atoms with Gasteiger partial charge in [-0.3, -0.25) is 4.57 Å². The first-order chi connectivity index (χ1) is 11.8. The van der Waals surface area contributed by atoms with Gasteiger partial charge in [0.25, 0.3) is 0 Å². The van der Waals surface area contributed by atoms with Crippen LogP contribution in [0.5, 0.6) is 0 Å². The Kier molecular flexibility index (Phi) is 2.80. The van der Waals surface area contributed by atoms with Crippen molar-refractivity contribution in [1.29, 1.82) is 0 Å². The lowest BCUT2D eigenvalue weighted by atomic mass is 10.1. The van der Waals surface area contributed by atoms with Crippen molar-refractivity contribution in [3.05, 3.63) is 59.7 Å². The van der Waals surface area contributed by atoms with Gasteiger partial charge in [0.1, 0.15) is 18.7 Å². The van der Waals surface area contributed by atoms with Crippen LogP contribution in [-0.4, -0.2) is 39.3 Å². The lowest BCUT2D eigenvalue weighted by Gasteiger charge is -2.13. The van der Waals surface area contributed by atoms with Crippen LogP contribution in [-0.2, 0) is 13.1 Å². The van der Waals surface area contributed by atoms with Crippen LogP contribution in [0, 0.1) is 0 Å². The minimum absolute atomic E-state index is 0.467. The number of rotatable bonds is 2. The van der Waals surface area contributed by atoms with Gasteiger partial charge < -0.3 is 0 Å². The van der Waals surface area contributed by atoms with E-state index in [-0.39, 0.29) is 0 Å². The number of nitrogens with zero attached hydrogens (tertiary/aromatic N) is 8. The van der Waals surface area contributed by atoms with E-state index >= 15 is 0 Å². The van der Waals surface area contributed by atoms with E-state index in [1.807, 2.05) is 29.1 Å². The molecule has 1 aliphatic rings. The van der Waals surface area contributed by atoms with E-state index < -0.39 is 0 Å². The Bertz CT molecular complexity index is 1030. The van der Waals surface area contributed by atoms with Gasteiger partial charge >= 0.3 is 0 Å². The Morgan fingerprint density at radius 2 is 1.96 bits per heavy atom. The van der Waals surface area contributed by atoms with Gasteiger partial charge in [-0.05, 0) is 12.1 Å². The Balaban J connectivity index is 1.76. The van der Waals surface area contributed by atoms with Crippen LogP contribution in [0.15, 0.2) is 43.1 Å². The molecule has 0 bridgehead atoms. The van der Waals surface area contributed by atoms with Crippen molar-refractivity contribution >= 4 is 11.6 Å². The number of benzene rings is 1. The maximum absolute atomic E-state index is 6.48. The van der Waals surface area contributed by atoms with Crippen molar-refractivity contribution in [3.8, 4) is 17.1 Å². The van der Waals surface area contributed by atoms with E-state index in [1.165, 1.54) is 0 Å². The molecule has 0 spiro atoms. The number of imidazole rings is 1. The van der Waals surface area contributed by atoms with Gasteiger partial charge in [-0.1, -0.05) is 17.7 Å². The lowest BCUT2D eigenvalue weighted by Crippen LogP contribution is -2.12. The Morgan fingerprint density at radius 3 is 2.83 bits per heavy atom. The minimum Gasteiger partial charge on any atom is -0.296 e. The Hall–Kier alpha value is -3.00. The van der Waals surface area contributed by atoms with Gasteiger partial charge in [0, 0.05) is 0 Å². The summed E-state index contributed by atoms with van der Waals surface area (Å²) in [6.45, 7) is 1.04. The molecule has 4 aromatic rings. The Morgan fingerprint density at radius 1 is 1.08 bits per heavy atom. The van der Waals surface area contributed by atoms with Crippen molar-refractivity contribution in [2.75, 3.05) is 0 Å². The Labute approximate surface area is 141 Å². The molecule has 118 valence electrons. The van der Waals surface area contributed by atoms with Crippen molar-refractivity contribution in [1.82, 2.24) is 39.3 Å². The van der Waals surface area contributed by atoms with Gasteiger partial charge in [0.05, 0.1) is 47.1 Å². The van der Waals surface area contributed by atoms with Crippen LogP contribution in [0.4, 0.5) is 0 Å². The monoisotopic (exact) mass is 338 g/mol. The number of fused-ring (bicyclic) bond motifs is 5. The summed E-state index contributed by atoms with van der Waals surface area (Å²) in [6, 6.07) is 5.79. The zero-order valence-corrected chi connectivity index (χ0v) is 13.2. The summed E-state index contributed by atoms with van der Waals surface area (Å²) in [5.41, 5.74) is 2.79. The average molecular weight is 339 g/mol. The van der Waals surface area contributed by atoms with E-state index in [1.54, 1.807) is 23.5 Å². The van der Waals surface area contributed by atoms with Crippen LogP contribution >= 0.6 is 11.6 Å². The number of hydrogen-bond acceptors (Lipinski definition) is 5. The summed E-state index contributed by atoms with van der Waals surface area (Å²) >= 11 is 6.48. The van der Waals surface area contributed by atoms with Crippen LogP contribution in [0.2, 0.25) is 5.02 Å². The molecular weight excluding hydrogens is 328 g/mol. The third kappa shape index (κ3) is 1.89. The molecule has 0 atom stereocenters. The predicted octanol–water partition coefficient (Wildman–Crippen LogP) is 1.79. The molecule has 0 saturated carbocycles. The quantitative estimate of drug-likeness (QED) is 0.490. The molecule has 3 aromatic heterocycles. The van der Waals surface area contributed by atoms with E-state index in [9.17, 15) is 0 Å². The van der Waals surface area contributed by atoms with E-state index in [4.69, 9.17) is 11.6 Å². The number of halogens is 1. The van der Waals surface area contributed by atoms with E-state index in [2.05, 4.69) is 29.8 Å². The summed E-state index contributed by atoms with van der Waals surface area (Å²) < 4.78 is 3.92. The number of hydrogen-bond donors (Lipinski definition) is 0. The molecule has 0 N–H and O–H groups in total. The summed E-state index contributed by atoms with van der Waals surface area (Å²) in [6.07, 6.45) is 6.69. The SMILES string of the molecule is Clc1cccc2c1-c1ncnn1Cc1cnc(Cn3nccn3)n1-2. The molecule has 8 nitrogen and oxygen atoms in total. The second-order valence-corrected chi connectivity index (χ2v) is 5.84. The standard InChI is InChI=1S/C15H11ClN8/c16-11-2-1-3-12-14(11)15-18-9-21-22(15)7-10-6-17-13(24(10)12)8-23-19-4-5-20-23/h1-6,9H,7-8H2. The molecule has 0 saturated heterocycles. The zero-order chi connectivity index (χ0) is 16.1. The first kappa shape index (κ1) is 13.4. The maximum Gasteiger partial charge on any atom is 0.162 e. The molecule has 1 aliphatic heterocycles. The summed E-state index contributed by atoms with van der Waals surface area (Å²) in [5, 5.41) is 13.3. The third-order valence-electron chi connectivity index (χ3n) is 4.04. The predicted molar refractivity (Wildman–Crippen MR) is 85.8 cm³/mol. The van der Waals surface area contributed by atoms with Gasteiger partial charge in [-0.25, -0.2) is 14.6 Å². The molecule has 0 fully saturated rings. The highest BCUT2D eigenvalue weighted by Crippen LogP contribution is 2.36. The molecule has 0 amide bonds. The van der Waals surface area contributed by atoms with Crippen molar-refractivity contribution in [2.45, 2.75) is 13.1 Å². The second-order valence-electron chi connectivity index (χ2n) is 5.44. The second kappa shape index (κ2) is 5.00. The van der Waals surface area contributed by atoms with Crippen molar-refractivity contribution in [2.24, 2.45) is 0 Å². The van der Waals surface area contributed by atoms with Crippen LogP contribution in [0.25, 0.3) is 17.1 Å². The van der Waals surface area contributed by atoms with Crippen molar-refractivity contribution in [3.63, 3.8) is 0 Å².